The summed E-state index contributed by atoms with van der Waals surface area (Å²) in [5, 5.41) is 4.63. The van der Waals surface area contributed by atoms with Gasteiger partial charge in [-0.05, 0) is 60.7 Å². The second kappa shape index (κ2) is 8.94. The summed E-state index contributed by atoms with van der Waals surface area (Å²) in [4.78, 5) is 14.1. The van der Waals surface area contributed by atoms with E-state index in [1.165, 1.54) is 10.4 Å². The number of anilines is 1. The Morgan fingerprint density at radius 1 is 1.26 bits per heavy atom. The van der Waals surface area contributed by atoms with E-state index in [-0.39, 0.29) is 23.9 Å². The molecule has 0 spiro atoms. The number of nitrogens with zero attached hydrogens (tertiary/aromatic N) is 3. The fraction of sp³-hybridized carbons (Fsp3) is 0.417. The molecule has 34 heavy (non-hydrogen) atoms. The summed E-state index contributed by atoms with van der Waals surface area (Å²) in [5.74, 6) is -1.34. The summed E-state index contributed by atoms with van der Waals surface area (Å²) >= 11 is 6.28. The average molecular weight is 507 g/mol. The number of benzene rings is 2. The lowest BCUT2D eigenvalue weighted by molar-refractivity contribution is -0.119. The first kappa shape index (κ1) is 24.6. The van der Waals surface area contributed by atoms with Gasteiger partial charge in [0.2, 0.25) is 15.9 Å². The predicted octanol–water partition coefficient (Wildman–Crippen LogP) is 4.10. The van der Waals surface area contributed by atoms with Crippen LogP contribution in [0.3, 0.4) is 0 Å². The van der Waals surface area contributed by atoms with Crippen LogP contribution in [-0.2, 0) is 21.2 Å². The fourth-order valence-corrected chi connectivity index (χ4v) is 7.38. The van der Waals surface area contributed by atoms with E-state index < -0.39 is 27.8 Å². The van der Waals surface area contributed by atoms with Crippen LogP contribution in [-0.4, -0.2) is 44.1 Å². The molecule has 0 saturated heterocycles. The Balaban J connectivity index is 1.92. The van der Waals surface area contributed by atoms with Crippen LogP contribution in [0.1, 0.15) is 48.4 Å². The molecular formula is C24H28ClFN4O3S. The van der Waals surface area contributed by atoms with Crippen LogP contribution in [0, 0.1) is 19.7 Å². The highest BCUT2D eigenvalue weighted by Gasteiger charge is 2.46. The van der Waals surface area contributed by atoms with Gasteiger partial charge >= 0.3 is 0 Å². The standard InChI is InChI=1S/C24H28ClFN4O3S/c1-6-16-9-17(25)10-20-24(16)34(32,33)30(12-29(20)5)23(19-11-21(31)28-27-19)15(4)22-14(3)13(2)7-8-18(22)26/h7-10,15,23H,6,11-12H2,1-5H3,(H,28,31). The van der Waals surface area contributed by atoms with Crippen molar-refractivity contribution in [2.24, 2.45) is 5.10 Å². The summed E-state index contributed by atoms with van der Waals surface area (Å²) in [6.45, 7) is 7.37. The van der Waals surface area contributed by atoms with Crippen LogP contribution in [0.2, 0.25) is 5.02 Å². The van der Waals surface area contributed by atoms with Gasteiger partial charge in [0, 0.05) is 18.0 Å². The molecule has 2 atom stereocenters. The van der Waals surface area contributed by atoms with Crippen molar-refractivity contribution in [3.8, 4) is 0 Å². The molecule has 2 aromatic rings. The topological polar surface area (TPSA) is 82.1 Å². The minimum atomic E-state index is -4.03. The molecule has 0 fully saturated rings. The molecule has 0 aromatic heterocycles. The van der Waals surface area contributed by atoms with Gasteiger partial charge in [0.1, 0.15) is 10.7 Å². The van der Waals surface area contributed by atoms with Crippen LogP contribution >= 0.6 is 11.6 Å². The third-order valence-corrected chi connectivity index (χ3v) is 8.97. The van der Waals surface area contributed by atoms with Gasteiger partial charge in [-0.3, -0.25) is 4.79 Å². The third-order valence-electron chi connectivity index (χ3n) is 6.80. The number of fused-ring (bicyclic) bond motifs is 1. The lowest BCUT2D eigenvalue weighted by Crippen LogP contribution is -2.54. The highest BCUT2D eigenvalue weighted by atomic mass is 35.5. The maximum Gasteiger partial charge on any atom is 0.247 e. The highest BCUT2D eigenvalue weighted by Crippen LogP contribution is 2.42. The van der Waals surface area contributed by atoms with E-state index in [2.05, 4.69) is 10.5 Å². The molecule has 182 valence electrons. The Bertz CT molecular complexity index is 1310. The van der Waals surface area contributed by atoms with Gasteiger partial charge in [-0.15, -0.1) is 0 Å². The number of amides is 1. The van der Waals surface area contributed by atoms with E-state index in [1.54, 1.807) is 32.2 Å². The van der Waals surface area contributed by atoms with Crippen molar-refractivity contribution in [2.75, 3.05) is 18.6 Å². The number of halogens is 2. The lowest BCUT2D eigenvalue weighted by atomic mass is 9.85. The minimum Gasteiger partial charge on any atom is -0.359 e. The molecule has 10 heteroatoms. The summed E-state index contributed by atoms with van der Waals surface area (Å²) < 4.78 is 44.7. The van der Waals surface area contributed by atoms with Crippen molar-refractivity contribution in [3.63, 3.8) is 0 Å². The Kier molecular flexibility index (Phi) is 6.48. The molecule has 0 bridgehead atoms. The number of hydrazone groups is 1. The number of nitrogens with one attached hydrogen (secondary N) is 1. The van der Waals surface area contributed by atoms with Gasteiger partial charge in [-0.25, -0.2) is 18.2 Å². The molecule has 1 N–H and O–H groups in total. The van der Waals surface area contributed by atoms with Crippen molar-refractivity contribution >= 4 is 38.9 Å². The summed E-state index contributed by atoms with van der Waals surface area (Å²) in [5.41, 5.74) is 5.98. The largest absolute Gasteiger partial charge is 0.359 e. The Morgan fingerprint density at radius 2 is 1.97 bits per heavy atom. The van der Waals surface area contributed by atoms with Gasteiger partial charge in [0.05, 0.1) is 30.5 Å². The van der Waals surface area contributed by atoms with E-state index in [1.807, 2.05) is 25.7 Å². The van der Waals surface area contributed by atoms with Crippen molar-refractivity contribution < 1.29 is 17.6 Å². The zero-order valence-corrected chi connectivity index (χ0v) is 21.4. The molecule has 0 aliphatic carbocycles. The summed E-state index contributed by atoms with van der Waals surface area (Å²) in [6, 6.07) is 5.54. The molecule has 0 saturated carbocycles. The minimum absolute atomic E-state index is 0.00747. The number of hydrogen-bond acceptors (Lipinski definition) is 5. The predicted molar refractivity (Wildman–Crippen MR) is 131 cm³/mol. The van der Waals surface area contributed by atoms with Gasteiger partial charge in [-0.1, -0.05) is 31.5 Å². The van der Waals surface area contributed by atoms with Crippen molar-refractivity contribution in [2.45, 2.75) is 57.4 Å². The van der Waals surface area contributed by atoms with Gasteiger partial charge in [0.25, 0.3) is 0 Å². The molecule has 2 aliphatic rings. The normalized spacial score (nSPS) is 19.4. The Labute approximate surface area is 204 Å². The van der Waals surface area contributed by atoms with Gasteiger partial charge in [0.15, 0.2) is 0 Å². The first-order chi connectivity index (χ1) is 16.0. The van der Waals surface area contributed by atoms with Crippen LogP contribution in [0.4, 0.5) is 10.1 Å². The number of carbonyl (C=O) groups is 1. The van der Waals surface area contributed by atoms with Crippen LogP contribution in [0.25, 0.3) is 0 Å². The van der Waals surface area contributed by atoms with E-state index in [0.29, 0.717) is 34.0 Å². The molecule has 2 unspecified atom stereocenters. The van der Waals surface area contributed by atoms with Crippen molar-refractivity contribution in [1.29, 1.82) is 0 Å². The molecule has 2 heterocycles. The van der Waals surface area contributed by atoms with Crippen LogP contribution < -0.4 is 10.3 Å². The molecule has 7 nitrogen and oxygen atoms in total. The number of hydrogen-bond donors (Lipinski definition) is 1. The second-order valence-corrected chi connectivity index (χ2v) is 11.2. The monoisotopic (exact) mass is 506 g/mol. The zero-order chi connectivity index (χ0) is 24.9. The number of carbonyl (C=O) groups excluding carboxylic acids is 1. The summed E-state index contributed by atoms with van der Waals surface area (Å²) in [7, 11) is -2.24. The number of sulfonamides is 1. The SMILES string of the molecule is CCc1cc(Cl)cc2c1S(=O)(=O)N(C(C1=NNC(=O)C1)C(C)c1c(F)ccc(C)c1C)CN2C. The average Bonchev–Trinajstić information content (AvgIpc) is 3.20. The van der Waals surface area contributed by atoms with Gasteiger partial charge in [-0.2, -0.15) is 9.41 Å². The van der Waals surface area contributed by atoms with E-state index in [9.17, 15) is 13.2 Å². The van der Waals surface area contributed by atoms with Crippen LogP contribution in [0.5, 0.6) is 0 Å². The Morgan fingerprint density at radius 3 is 2.59 bits per heavy atom. The molecule has 4 rings (SSSR count). The van der Waals surface area contributed by atoms with Gasteiger partial charge < -0.3 is 4.90 Å². The first-order valence-electron chi connectivity index (χ1n) is 11.1. The van der Waals surface area contributed by atoms with Crippen LogP contribution in [0.15, 0.2) is 34.3 Å². The smallest absolute Gasteiger partial charge is 0.247 e. The maximum atomic E-state index is 15.1. The molecular weight excluding hydrogens is 479 g/mol. The van der Waals surface area contributed by atoms with Crippen molar-refractivity contribution in [3.05, 3.63) is 57.4 Å². The van der Waals surface area contributed by atoms with E-state index in [0.717, 1.165) is 11.1 Å². The third kappa shape index (κ3) is 3.99. The first-order valence-corrected chi connectivity index (χ1v) is 13.0. The van der Waals surface area contributed by atoms with Crippen molar-refractivity contribution in [1.82, 2.24) is 9.73 Å². The lowest BCUT2D eigenvalue weighted by Gasteiger charge is -2.42. The zero-order valence-electron chi connectivity index (χ0n) is 19.8. The second-order valence-electron chi connectivity index (χ2n) is 8.95. The number of rotatable bonds is 5. The fourth-order valence-electron chi connectivity index (χ4n) is 4.97. The molecule has 1 amide bonds. The van der Waals surface area contributed by atoms with E-state index >= 15 is 4.39 Å². The summed E-state index contributed by atoms with van der Waals surface area (Å²) in [6.07, 6.45) is 0.419. The highest BCUT2D eigenvalue weighted by molar-refractivity contribution is 7.89. The molecule has 2 aliphatic heterocycles. The Hall–Kier alpha value is -2.49. The van der Waals surface area contributed by atoms with E-state index in [4.69, 9.17) is 11.6 Å². The number of aryl methyl sites for hydroxylation is 2. The maximum absolute atomic E-state index is 15.1. The molecule has 2 aromatic carbocycles. The molecule has 0 radical (unpaired) electrons. The quantitative estimate of drug-likeness (QED) is 0.661.